The van der Waals surface area contributed by atoms with Crippen molar-refractivity contribution in [3.05, 3.63) is 46.5 Å². The van der Waals surface area contributed by atoms with E-state index >= 15 is 0 Å². The molecular formula is C15H15ClFN3O3. The van der Waals surface area contributed by atoms with E-state index in [0.717, 1.165) is 0 Å². The second-order valence-electron chi connectivity index (χ2n) is 5.92. The molecule has 0 aliphatic carbocycles. The summed E-state index contributed by atoms with van der Waals surface area (Å²) in [7, 11) is 0. The third kappa shape index (κ3) is 2.63. The number of benzene rings is 1. The summed E-state index contributed by atoms with van der Waals surface area (Å²) in [5, 5.41) is 19.3. The van der Waals surface area contributed by atoms with Crippen LogP contribution in [0.15, 0.2) is 24.4 Å². The van der Waals surface area contributed by atoms with Crippen LogP contribution >= 0.6 is 11.6 Å². The van der Waals surface area contributed by atoms with Gasteiger partial charge >= 0.3 is 0 Å². The Labute approximate surface area is 136 Å². The zero-order valence-corrected chi connectivity index (χ0v) is 12.9. The highest BCUT2D eigenvalue weighted by atomic mass is 35.5. The lowest BCUT2D eigenvalue weighted by Crippen LogP contribution is -2.44. The van der Waals surface area contributed by atoms with E-state index in [-0.39, 0.29) is 18.5 Å². The molecule has 2 fully saturated rings. The highest BCUT2D eigenvalue weighted by molar-refractivity contribution is 6.31. The molecule has 0 radical (unpaired) electrons. The first-order chi connectivity index (χ1) is 11.0. The molecule has 2 aromatic rings. The first-order valence-electron chi connectivity index (χ1n) is 7.38. The van der Waals surface area contributed by atoms with E-state index in [0.29, 0.717) is 35.7 Å². The monoisotopic (exact) mass is 339 g/mol. The van der Waals surface area contributed by atoms with Crippen molar-refractivity contribution in [3.63, 3.8) is 0 Å². The van der Waals surface area contributed by atoms with E-state index in [2.05, 4.69) is 10.3 Å². The molecule has 6 nitrogen and oxygen atoms in total. The highest BCUT2D eigenvalue weighted by Gasteiger charge is 2.51. The molecule has 3 atom stereocenters. The van der Waals surface area contributed by atoms with Gasteiger partial charge in [-0.15, -0.1) is 5.10 Å². The summed E-state index contributed by atoms with van der Waals surface area (Å²) < 4.78 is 25.9. The fourth-order valence-electron chi connectivity index (χ4n) is 3.01. The standard InChI is InChI=1S/C15H15ClFN3O3/c16-12-2-1-10(17)5-9(12)6-20-7-13(18-19-20)15(21)4-3-11-8-22-14(15)23-11/h1-2,5,7,11,14,21H,3-4,6,8H2/t11-,14+,15?/m0/s1. The van der Waals surface area contributed by atoms with Gasteiger partial charge in [0.2, 0.25) is 0 Å². The molecule has 8 heteroatoms. The van der Waals surface area contributed by atoms with E-state index in [1.54, 1.807) is 6.20 Å². The molecule has 2 bridgehead atoms. The number of hydrogen-bond acceptors (Lipinski definition) is 5. The minimum atomic E-state index is -1.31. The zero-order chi connectivity index (χ0) is 16.0. The van der Waals surface area contributed by atoms with Crippen LogP contribution in [0.2, 0.25) is 5.02 Å². The largest absolute Gasteiger partial charge is 0.378 e. The first kappa shape index (κ1) is 15.0. The summed E-state index contributed by atoms with van der Waals surface area (Å²) >= 11 is 6.06. The second kappa shape index (κ2) is 5.52. The van der Waals surface area contributed by atoms with Crippen LogP contribution in [0, 0.1) is 5.82 Å². The summed E-state index contributed by atoms with van der Waals surface area (Å²) in [4.78, 5) is 0. The summed E-state index contributed by atoms with van der Waals surface area (Å²) in [6.45, 7) is 0.745. The Morgan fingerprint density at radius 1 is 1.48 bits per heavy atom. The lowest BCUT2D eigenvalue weighted by molar-refractivity contribution is -0.219. The van der Waals surface area contributed by atoms with Crippen LogP contribution in [0.4, 0.5) is 4.39 Å². The van der Waals surface area contributed by atoms with Gasteiger partial charge in [0, 0.05) is 5.02 Å². The molecule has 0 saturated carbocycles. The van der Waals surface area contributed by atoms with Crippen LogP contribution in [0.25, 0.3) is 0 Å². The van der Waals surface area contributed by atoms with Gasteiger partial charge in [-0.05, 0) is 36.6 Å². The van der Waals surface area contributed by atoms with Crippen LogP contribution in [-0.2, 0) is 21.6 Å². The molecule has 4 rings (SSSR count). The summed E-state index contributed by atoms with van der Waals surface area (Å²) in [5.74, 6) is -0.366. The molecule has 1 aromatic heterocycles. The fraction of sp³-hybridized carbons (Fsp3) is 0.467. The molecule has 0 amide bonds. The van der Waals surface area contributed by atoms with Gasteiger partial charge in [0.1, 0.15) is 11.5 Å². The fourth-order valence-corrected chi connectivity index (χ4v) is 3.19. The predicted octanol–water partition coefficient (Wildman–Crippen LogP) is 1.84. The highest BCUT2D eigenvalue weighted by Crippen LogP contribution is 2.40. The van der Waals surface area contributed by atoms with Crippen LogP contribution in [-0.4, -0.2) is 39.1 Å². The maximum absolute atomic E-state index is 13.3. The van der Waals surface area contributed by atoms with Crippen molar-refractivity contribution < 1.29 is 19.0 Å². The van der Waals surface area contributed by atoms with E-state index in [1.807, 2.05) is 0 Å². The van der Waals surface area contributed by atoms with Crippen molar-refractivity contribution in [1.29, 1.82) is 0 Å². The van der Waals surface area contributed by atoms with Gasteiger partial charge in [-0.3, -0.25) is 0 Å². The number of hydrogen-bond donors (Lipinski definition) is 1. The van der Waals surface area contributed by atoms with Crippen molar-refractivity contribution in [2.24, 2.45) is 0 Å². The zero-order valence-electron chi connectivity index (χ0n) is 12.2. The molecule has 3 heterocycles. The van der Waals surface area contributed by atoms with Gasteiger partial charge < -0.3 is 14.6 Å². The second-order valence-corrected chi connectivity index (χ2v) is 6.33. The van der Waals surface area contributed by atoms with Crippen molar-refractivity contribution in [2.75, 3.05) is 6.61 Å². The summed E-state index contributed by atoms with van der Waals surface area (Å²) in [6, 6.07) is 4.15. The number of aromatic nitrogens is 3. The molecule has 23 heavy (non-hydrogen) atoms. The minimum absolute atomic E-state index is 0.0430. The molecule has 2 aliphatic rings. The Morgan fingerprint density at radius 2 is 2.35 bits per heavy atom. The smallest absolute Gasteiger partial charge is 0.192 e. The molecule has 122 valence electrons. The number of fused-ring (bicyclic) bond motifs is 2. The van der Waals surface area contributed by atoms with Gasteiger partial charge in [0.25, 0.3) is 0 Å². The molecule has 2 aliphatic heterocycles. The van der Waals surface area contributed by atoms with E-state index < -0.39 is 11.9 Å². The third-order valence-electron chi connectivity index (χ3n) is 4.31. The maximum atomic E-state index is 13.3. The number of aliphatic hydroxyl groups is 1. The summed E-state index contributed by atoms with van der Waals surface area (Å²) in [6.07, 6.45) is 2.15. The van der Waals surface area contributed by atoms with Crippen molar-refractivity contribution in [3.8, 4) is 0 Å². The number of nitrogens with zero attached hydrogens (tertiary/aromatic N) is 3. The number of rotatable bonds is 3. The van der Waals surface area contributed by atoms with E-state index in [9.17, 15) is 9.50 Å². The van der Waals surface area contributed by atoms with E-state index in [4.69, 9.17) is 21.1 Å². The normalized spacial score (nSPS) is 29.9. The average molecular weight is 340 g/mol. The van der Waals surface area contributed by atoms with Crippen molar-refractivity contribution in [1.82, 2.24) is 15.0 Å². The van der Waals surface area contributed by atoms with Crippen molar-refractivity contribution in [2.45, 2.75) is 37.4 Å². The van der Waals surface area contributed by atoms with Gasteiger partial charge in [-0.25, -0.2) is 9.07 Å². The molecule has 0 spiro atoms. The molecule has 1 N–H and O–H groups in total. The topological polar surface area (TPSA) is 69.4 Å². The summed E-state index contributed by atoms with van der Waals surface area (Å²) in [5.41, 5.74) is -0.334. The lowest BCUT2D eigenvalue weighted by Gasteiger charge is -2.34. The number of halogens is 2. The Morgan fingerprint density at radius 3 is 3.22 bits per heavy atom. The predicted molar refractivity (Wildman–Crippen MR) is 78.3 cm³/mol. The first-order valence-corrected chi connectivity index (χ1v) is 7.76. The molecular weight excluding hydrogens is 325 g/mol. The van der Waals surface area contributed by atoms with Crippen LogP contribution in [0.3, 0.4) is 0 Å². The van der Waals surface area contributed by atoms with Gasteiger partial charge in [0.15, 0.2) is 11.9 Å². The van der Waals surface area contributed by atoms with Crippen molar-refractivity contribution >= 4 is 11.6 Å². The molecule has 2 saturated heterocycles. The average Bonchev–Trinajstić information content (AvgIpc) is 3.16. The quantitative estimate of drug-likeness (QED) is 0.924. The van der Waals surface area contributed by atoms with Gasteiger partial charge in [0.05, 0.1) is 25.5 Å². The van der Waals surface area contributed by atoms with Crippen LogP contribution in [0.5, 0.6) is 0 Å². The van der Waals surface area contributed by atoms with Crippen LogP contribution in [0.1, 0.15) is 24.1 Å². The van der Waals surface area contributed by atoms with Crippen LogP contribution < -0.4 is 0 Å². The van der Waals surface area contributed by atoms with E-state index in [1.165, 1.54) is 22.9 Å². The minimum Gasteiger partial charge on any atom is -0.378 e. The van der Waals surface area contributed by atoms with Gasteiger partial charge in [-0.1, -0.05) is 16.8 Å². The maximum Gasteiger partial charge on any atom is 0.192 e. The Kier molecular flexibility index (Phi) is 3.60. The molecule has 1 unspecified atom stereocenters. The Balaban J connectivity index is 1.58. The SMILES string of the molecule is OC1(c2cn(Cc3cc(F)ccc3Cl)nn2)CC[C@H]2CO[C@@H]1O2. The lowest BCUT2D eigenvalue weighted by atomic mass is 9.90. The number of ether oxygens (including phenoxy) is 2. The van der Waals surface area contributed by atoms with Gasteiger partial charge in [-0.2, -0.15) is 0 Å². The Bertz CT molecular complexity index is 741. The molecule has 1 aromatic carbocycles. The third-order valence-corrected chi connectivity index (χ3v) is 4.68. The Hall–Kier alpha value is -1.54.